The first-order chi connectivity index (χ1) is 19.1. The van der Waals surface area contributed by atoms with Crippen LogP contribution in [0.4, 0.5) is 5.69 Å². The number of carbonyl (C=O) groups is 1. The van der Waals surface area contributed by atoms with Gasteiger partial charge in [0, 0.05) is 5.69 Å². The normalized spacial score (nSPS) is 10.8. The molecule has 0 aliphatic carbocycles. The zero-order valence-electron chi connectivity index (χ0n) is 22.7. The number of nitriles is 1. The number of anilines is 1. The molecule has 0 fully saturated rings. The molecule has 0 saturated carbocycles. The molecule has 39 heavy (non-hydrogen) atoms. The summed E-state index contributed by atoms with van der Waals surface area (Å²) in [6.45, 7) is 5.90. The number of benzene rings is 3. The Hall–Kier alpha value is -4.44. The first-order valence-corrected chi connectivity index (χ1v) is 13.4. The second kappa shape index (κ2) is 16.4. The van der Waals surface area contributed by atoms with Gasteiger partial charge in [-0.3, -0.25) is 4.79 Å². The lowest BCUT2D eigenvalue weighted by Crippen LogP contribution is -2.13. The topological polar surface area (TPSA) is 89.8 Å². The molecule has 0 unspecified atom stereocenters. The van der Waals surface area contributed by atoms with E-state index >= 15 is 0 Å². The minimum Gasteiger partial charge on any atom is -0.494 e. The molecule has 7 nitrogen and oxygen atoms in total. The number of rotatable bonds is 16. The van der Waals surface area contributed by atoms with Crippen LogP contribution in [-0.4, -0.2) is 32.3 Å². The predicted molar refractivity (Wildman–Crippen MR) is 153 cm³/mol. The molecular formula is C32H36N2O5. The number of unbranched alkanes of at least 4 members (excludes halogenated alkanes) is 3. The molecule has 1 amide bonds. The number of ether oxygens (including phenoxy) is 4. The van der Waals surface area contributed by atoms with E-state index in [9.17, 15) is 10.1 Å². The van der Waals surface area contributed by atoms with Gasteiger partial charge in [-0.1, -0.05) is 50.5 Å². The van der Waals surface area contributed by atoms with E-state index in [1.807, 2.05) is 55.5 Å². The van der Waals surface area contributed by atoms with Crippen molar-refractivity contribution in [3.8, 4) is 29.1 Å². The molecule has 0 spiro atoms. The van der Waals surface area contributed by atoms with Gasteiger partial charge < -0.3 is 24.3 Å². The molecule has 0 bridgehead atoms. The molecule has 0 radical (unpaired) electrons. The Morgan fingerprint density at radius 3 is 2.15 bits per heavy atom. The minimum absolute atomic E-state index is 0.0173. The van der Waals surface area contributed by atoms with Gasteiger partial charge in [-0.2, -0.15) is 5.26 Å². The van der Waals surface area contributed by atoms with Crippen molar-refractivity contribution in [2.75, 3.05) is 31.7 Å². The van der Waals surface area contributed by atoms with Crippen molar-refractivity contribution in [3.63, 3.8) is 0 Å². The third-order valence-corrected chi connectivity index (χ3v) is 5.68. The smallest absolute Gasteiger partial charge is 0.266 e. The highest BCUT2D eigenvalue weighted by atomic mass is 16.5. The van der Waals surface area contributed by atoms with Gasteiger partial charge in [-0.15, -0.1) is 0 Å². The van der Waals surface area contributed by atoms with Crippen LogP contribution in [-0.2, 0) is 4.79 Å². The van der Waals surface area contributed by atoms with Crippen LogP contribution in [0.3, 0.4) is 0 Å². The Morgan fingerprint density at radius 1 is 0.795 bits per heavy atom. The van der Waals surface area contributed by atoms with Gasteiger partial charge >= 0.3 is 0 Å². The van der Waals surface area contributed by atoms with E-state index in [0.29, 0.717) is 42.6 Å². The maximum Gasteiger partial charge on any atom is 0.266 e. The van der Waals surface area contributed by atoms with Crippen LogP contribution in [0.25, 0.3) is 6.08 Å². The van der Waals surface area contributed by atoms with Gasteiger partial charge in [0.2, 0.25) is 0 Å². The molecule has 0 atom stereocenters. The van der Waals surface area contributed by atoms with Crippen molar-refractivity contribution in [1.29, 1.82) is 5.26 Å². The van der Waals surface area contributed by atoms with Crippen molar-refractivity contribution >= 4 is 17.7 Å². The number of carbonyl (C=O) groups excluding carboxylic acids is 1. The van der Waals surface area contributed by atoms with E-state index in [4.69, 9.17) is 18.9 Å². The maximum absolute atomic E-state index is 12.5. The van der Waals surface area contributed by atoms with Gasteiger partial charge in [-0.25, -0.2) is 0 Å². The molecule has 3 rings (SSSR count). The minimum atomic E-state index is -0.481. The first kappa shape index (κ1) is 29.1. The highest BCUT2D eigenvalue weighted by molar-refractivity contribution is 6.09. The lowest BCUT2D eigenvalue weighted by atomic mass is 10.1. The van der Waals surface area contributed by atoms with Crippen LogP contribution in [0.2, 0.25) is 0 Å². The van der Waals surface area contributed by atoms with Crippen LogP contribution in [0.15, 0.2) is 78.4 Å². The van der Waals surface area contributed by atoms with Gasteiger partial charge in [0.15, 0.2) is 11.5 Å². The lowest BCUT2D eigenvalue weighted by Gasteiger charge is -2.13. The summed E-state index contributed by atoms with van der Waals surface area (Å²) in [4.78, 5) is 12.5. The summed E-state index contributed by atoms with van der Waals surface area (Å²) in [7, 11) is 0. The van der Waals surface area contributed by atoms with E-state index in [0.717, 1.165) is 24.5 Å². The van der Waals surface area contributed by atoms with Crippen molar-refractivity contribution in [2.24, 2.45) is 0 Å². The molecule has 0 heterocycles. The van der Waals surface area contributed by atoms with Gasteiger partial charge in [0.25, 0.3) is 5.91 Å². The Labute approximate surface area is 231 Å². The van der Waals surface area contributed by atoms with Crippen molar-refractivity contribution in [2.45, 2.75) is 39.5 Å². The highest BCUT2D eigenvalue weighted by Gasteiger charge is 2.12. The molecule has 7 heteroatoms. The Kier molecular flexibility index (Phi) is 12.3. The van der Waals surface area contributed by atoms with Crippen LogP contribution in [0, 0.1) is 11.3 Å². The van der Waals surface area contributed by atoms with Gasteiger partial charge in [-0.05, 0) is 73.5 Å². The molecule has 204 valence electrons. The van der Waals surface area contributed by atoms with Crippen LogP contribution in [0.1, 0.15) is 45.1 Å². The third kappa shape index (κ3) is 10.1. The van der Waals surface area contributed by atoms with Crippen molar-refractivity contribution < 1.29 is 23.7 Å². The predicted octanol–water partition coefficient (Wildman–Crippen LogP) is 7.05. The van der Waals surface area contributed by atoms with E-state index in [2.05, 4.69) is 12.2 Å². The van der Waals surface area contributed by atoms with E-state index in [1.165, 1.54) is 25.3 Å². The number of para-hydroxylation sites is 1. The number of nitrogens with zero attached hydrogens (tertiary/aromatic N) is 1. The molecule has 3 aromatic carbocycles. The van der Waals surface area contributed by atoms with E-state index in [1.54, 1.807) is 30.3 Å². The Morgan fingerprint density at radius 2 is 1.49 bits per heavy atom. The summed E-state index contributed by atoms with van der Waals surface area (Å²) in [6, 6.07) is 23.8. The summed E-state index contributed by atoms with van der Waals surface area (Å²) in [5.41, 5.74) is 1.25. The van der Waals surface area contributed by atoms with Crippen molar-refractivity contribution in [3.05, 3.63) is 83.9 Å². The zero-order valence-corrected chi connectivity index (χ0v) is 22.7. The molecule has 3 aromatic rings. The number of nitrogens with one attached hydrogen (secondary N) is 1. The quantitative estimate of drug-likeness (QED) is 0.122. The molecule has 1 N–H and O–H groups in total. The van der Waals surface area contributed by atoms with Crippen molar-refractivity contribution in [1.82, 2.24) is 0 Å². The summed E-state index contributed by atoms with van der Waals surface area (Å²) < 4.78 is 23.2. The second-order valence-corrected chi connectivity index (χ2v) is 8.71. The summed E-state index contributed by atoms with van der Waals surface area (Å²) in [6.07, 6.45) is 6.22. The summed E-state index contributed by atoms with van der Waals surface area (Å²) in [5.74, 6) is 2.16. The largest absolute Gasteiger partial charge is 0.494 e. The number of hydrogen-bond donors (Lipinski definition) is 1. The number of hydrogen-bond acceptors (Lipinski definition) is 6. The second-order valence-electron chi connectivity index (χ2n) is 8.71. The van der Waals surface area contributed by atoms with Gasteiger partial charge in [0.05, 0.1) is 13.2 Å². The Balaban J connectivity index is 1.52. The average Bonchev–Trinajstić information content (AvgIpc) is 2.96. The maximum atomic E-state index is 12.5. The average molecular weight is 529 g/mol. The Bertz CT molecular complexity index is 1230. The summed E-state index contributed by atoms with van der Waals surface area (Å²) in [5, 5.41) is 12.3. The molecular weight excluding hydrogens is 492 g/mol. The fourth-order valence-corrected chi connectivity index (χ4v) is 3.70. The lowest BCUT2D eigenvalue weighted by molar-refractivity contribution is -0.112. The van der Waals surface area contributed by atoms with Crippen LogP contribution >= 0.6 is 0 Å². The fourth-order valence-electron chi connectivity index (χ4n) is 3.70. The molecule has 0 aliphatic rings. The molecule has 0 aliphatic heterocycles. The van der Waals surface area contributed by atoms with Gasteiger partial charge in [0.1, 0.15) is 36.4 Å². The highest BCUT2D eigenvalue weighted by Crippen LogP contribution is 2.29. The fraction of sp³-hybridized carbons (Fsp3) is 0.312. The van der Waals surface area contributed by atoms with Crippen LogP contribution in [0.5, 0.6) is 23.0 Å². The van der Waals surface area contributed by atoms with E-state index in [-0.39, 0.29) is 5.57 Å². The third-order valence-electron chi connectivity index (χ3n) is 5.68. The monoisotopic (exact) mass is 528 g/mol. The molecule has 0 saturated heterocycles. The number of amides is 1. The van der Waals surface area contributed by atoms with Crippen LogP contribution < -0.4 is 24.3 Å². The van der Waals surface area contributed by atoms with E-state index < -0.39 is 5.91 Å². The zero-order chi connectivity index (χ0) is 27.7. The standard InChI is InChI=1S/C32H36N2O5/c1-3-5-6-10-19-37-28-14-16-29(17-15-28)38-20-21-39-30-18-13-25(23-31(30)36-4-2)22-26(24-33)32(35)34-27-11-8-7-9-12-27/h7-9,11-18,22-23H,3-6,10,19-21H2,1-2H3,(H,34,35)/b26-22+. The SMILES string of the molecule is CCCCCCOc1ccc(OCCOc2ccc(/C=C(\C#N)C(=O)Nc3ccccc3)cc2OCC)cc1. The summed E-state index contributed by atoms with van der Waals surface area (Å²) >= 11 is 0. The molecule has 0 aromatic heterocycles. The first-order valence-electron chi connectivity index (χ1n) is 13.4.